The molecule has 0 bridgehead atoms. The van der Waals surface area contributed by atoms with Crippen LogP contribution in [0.4, 0.5) is 5.69 Å². The van der Waals surface area contributed by atoms with Crippen molar-refractivity contribution < 1.29 is 9.59 Å². The summed E-state index contributed by atoms with van der Waals surface area (Å²) < 4.78 is 0. The molecule has 0 aliphatic carbocycles. The average molecular weight is 291 g/mol. The fourth-order valence-electron chi connectivity index (χ4n) is 2.29. The molecule has 2 amide bonds. The second kappa shape index (κ2) is 7.67. The molecule has 0 spiro atoms. The Balaban J connectivity index is 3.16. The van der Waals surface area contributed by atoms with Gasteiger partial charge in [-0.2, -0.15) is 0 Å². The van der Waals surface area contributed by atoms with Crippen LogP contribution in [0.2, 0.25) is 0 Å². The van der Waals surface area contributed by atoms with Crippen LogP contribution < -0.4 is 5.73 Å². The predicted octanol–water partition coefficient (Wildman–Crippen LogP) is 2.23. The maximum absolute atomic E-state index is 12.4. The molecule has 1 aromatic carbocycles. The Kier molecular flexibility index (Phi) is 6.21. The van der Waals surface area contributed by atoms with Crippen LogP contribution in [0.1, 0.15) is 48.4 Å². The maximum Gasteiger partial charge on any atom is 0.253 e. The van der Waals surface area contributed by atoms with Crippen LogP contribution in [0.25, 0.3) is 0 Å². The summed E-state index contributed by atoms with van der Waals surface area (Å²) >= 11 is 0. The summed E-state index contributed by atoms with van der Waals surface area (Å²) in [4.78, 5) is 28.2. The first kappa shape index (κ1) is 17.0. The van der Waals surface area contributed by atoms with Gasteiger partial charge in [-0.3, -0.25) is 9.59 Å². The van der Waals surface area contributed by atoms with Gasteiger partial charge < -0.3 is 15.5 Å². The van der Waals surface area contributed by atoms with Gasteiger partial charge in [-0.15, -0.1) is 0 Å². The van der Waals surface area contributed by atoms with Crippen LogP contribution in [-0.4, -0.2) is 47.8 Å². The Bertz CT molecular complexity index is 464. The number of hydrogen-bond acceptors (Lipinski definition) is 3. The van der Waals surface area contributed by atoms with E-state index in [1.165, 1.54) is 0 Å². The molecule has 5 heteroatoms. The van der Waals surface area contributed by atoms with Gasteiger partial charge in [0.05, 0.1) is 0 Å². The molecular weight excluding hydrogens is 266 g/mol. The van der Waals surface area contributed by atoms with Crippen molar-refractivity contribution in [2.75, 3.05) is 31.9 Å². The molecule has 1 aromatic rings. The number of rotatable bonds is 6. The maximum atomic E-state index is 12.4. The van der Waals surface area contributed by atoms with E-state index in [0.717, 1.165) is 0 Å². The normalized spacial score (nSPS) is 10.3. The highest BCUT2D eigenvalue weighted by molar-refractivity contribution is 6.01. The van der Waals surface area contributed by atoms with Crippen molar-refractivity contribution in [3.63, 3.8) is 0 Å². The van der Waals surface area contributed by atoms with Crippen molar-refractivity contribution >= 4 is 17.5 Å². The largest absolute Gasteiger partial charge is 0.399 e. The Morgan fingerprint density at radius 3 is 1.43 bits per heavy atom. The van der Waals surface area contributed by atoms with E-state index in [-0.39, 0.29) is 11.8 Å². The van der Waals surface area contributed by atoms with E-state index >= 15 is 0 Å². The first-order valence-corrected chi connectivity index (χ1v) is 7.47. The molecule has 0 aromatic heterocycles. The minimum Gasteiger partial charge on any atom is -0.399 e. The number of amides is 2. The lowest BCUT2D eigenvalue weighted by Gasteiger charge is -2.21. The SMILES string of the molecule is CCN(CC)C(=O)c1cc(N)cc(C(=O)N(CC)CC)c1. The van der Waals surface area contributed by atoms with Crippen molar-refractivity contribution in [1.82, 2.24) is 9.80 Å². The van der Waals surface area contributed by atoms with Gasteiger partial charge in [-0.25, -0.2) is 0 Å². The van der Waals surface area contributed by atoms with E-state index in [2.05, 4.69) is 0 Å². The molecule has 0 atom stereocenters. The first-order chi connectivity index (χ1) is 9.98. The van der Waals surface area contributed by atoms with Gasteiger partial charge in [0.15, 0.2) is 0 Å². The quantitative estimate of drug-likeness (QED) is 0.817. The van der Waals surface area contributed by atoms with Gasteiger partial charge in [-0.05, 0) is 45.9 Å². The van der Waals surface area contributed by atoms with Gasteiger partial charge in [-0.1, -0.05) is 0 Å². The van der Waals surface area contributed by atoms with E-state index in [4.69, 9.17) is 5.73 Å². The molecule has 0 saturated heterocycles. The lowest BCUT2D eigenvalue weighted by molar-refractivity contribution is 0.0772. The number of nitrogens with two attached hydrogens (primary N) is 1. The number of carbonyl (C=O) groups is 2. The zero-order chi connectivity index (χ0) is 16.0. The van der Waals surface area contributed by atoms with E-state index in [1.54, 1.807) is 28.0 Å². The molecule has 116 valence electrons. The van der Waals surface area contributed by atoms with E-state index in [9.17, 15) is 9.59 Å². The third kappa shape index (κ3) is 3.97. The Hall–Kier alpha value is -2.04. The van der Waals surface area contributed by atoms with Gasteiger partial charge >= 0.3 is 0 Å². The highest BCUT2D eigenvalue weighted by atomic mass is 16.2. The van der Waals surface area contributed by atoms with Crippen LogP contribution >= 0.6 is 0 Å². The third-order valence-electron chi connectivity index (χ3n) is 3.55. The Labute approximate surface area is 126 Å². The molecule has 0 saturated carbocycles. The zero-order valence-electron chi connectivity index (χ0n) is 13.3. The molecule has 0 aliphatic rings. The van der Waals surface area contributed by atoms with Crippen molar-refractivity contribution in [1.29, 1.82) is 0 Å². The monoisotopic (exact) mass is 291 g/mol. The van der Waals surface area contributed by atoms with Crippen LogP contribution in [0.5, 0.6) is 0 Å². The minimum absolute atomic E-state index is 0.0964. The highest BCUT2D eigenvalue weighted by Crippen LogP contribution is 2.16. The summed E-state index contributed by atoms with van der Waals surface area (Å²) in [5.74, 6) is -0.193. The fraction of sp³-hybridized carbons (Fsp3) is 0.500. The summed E-state index contributed by atoms with van der Waals surface area (Å²) in [7, 11) is 0. The van der Waals surface area contributed by atoms with Crippen LogP contribution in [-0.2, 0) is 0 Å². The van der Waals surface area contributed by atoms with Gasteiger partial charge in [0.2, 0.25) is 0 Å². The molecule has 0 fully saturated rings. The second-order valence-corrected chi connectivity index (χ2v) is 4.80. The standard InChI is InChI=1S/C16H25N3O2/c1-5-18(6-2)15(20)12-9-13(11-14(17)10-12)16(21)19(7-3)8-4/h9-11H,5-8,17H2,1-4H3. The molecule has 0 heterocycles. The van der Waals surface area contributed by atoms with Gasteiger partial charge in [0.25, 0.3) is 11.8 Å². The number of nitrogens with zero attached hydrogens (tertiary/aromatic N) is 2. The van der Waals surface area contributed by atoms with E-state index < -0.39 is 0 Å². The van der Waals surface area contributed by atoms with E-state index in [0.29, 0.717) is 43.0 Å². The van der Waals surface area contributed by atoms with Crippen LogP contribution in [0, 0.1) is 0 Å². The molecule has 1 rings (SSSR count). The van der Waals surface area contributed by atoms with Crippen molar-refractivity contribution in [3.8, 4) is 0 Å². The first-order valence-electron chi connectivity index (χ1n) is 7.47. The lowest BCUT2D eigenvalue weighted by Crippen LogP contribution is -2.32. The summed E-state index contributed by atoms with van der Waals surface area (Å²) in [5.41, 5.74) is 7.23. The van der Waals surface area contributed by atoms with Gasteiger partial charge in [0, 0.05) is 43.0 Å². The summed E-state index contributed by atoms with van der Waals surface area (Å²) in [6.45, 7) is 10.2. The molecule has 21 heavy (non-hydrogen) atoms. The topological polar surface area (TPSA) is 66.6 Å². The third-order valence-corrected chi connectivity index (χ3v) is 3.55. The molecule has 0 unspecified atom stereocenters. The highest BCUT2D eigenvalue weighted by Gasteiger charge is 2.18. The minimum atomic E-state index is -0.0964. The predicted molar refractivity (Wildman–Crippen MR) is 85.4 cm³/mol. The van der Waals surface area contributed by atoms with Crippen molar-refractivity contribution in [2.45, 2.75) is 27.7 Å². The molecule has 2 N–H and O–H groups in total. The Morgan fingerprint density at radius 1 is 0.810 bits per heavy atom. The van der Waals surface area contributed by atoms with Crippen LogP contribution in [0.3, 0.4) is 0 Å². The lowest BCUT2D eigenvalue weighted by atomic mass is 10.1. The number of hydrogen-bond donors (Lipinski definition) is 1. The Morgan fingerprint density at radius 2 is 1.14 bits per heavy atom. The average Bonchev–Trinajstić information content (AvgIpc) is 2.48. The van der Waals surface area contributed by atoms with Crippen molar-refractivity contribution in [3.05, 3.63) is 29.3 Å². The van der Waals surface area contributed by atoms with Gasteiger partial charge in [0.1, 0.15) is 0 Å². The fourth-order valence-corrected chi connectivity index (χ4v) is 2.29. The summed E-state index contributed by atoms with van der Waals surface area (Å²) in [6, 6.07) is 4.89. The molecule has 0 aliphatic heterocycles. The number of benzene rings is 1. The van der Waals surface area contributed by atoms with Crippen molar-refractivity contribution in [2.24, 2.45) is 0 Å². The number of carbonyl (C=O) groups excluding carboxylic acids is 2. The summed E-state index contributed by atoms with van der Waals surface area (Å²) in [5, 5.41) is 0. The van der Waals surface area contributed by atoms with E-state index in [1.807, 2.05) is 27.7 Å². The second-order valence-electron chi connectivity index (χ2n) is 4.80. The number of anilines is 1. The zero-order valence-corrected chi connectivity index (χ0v) is 13.3. The smallest absolute Gasteiger partial charge is 0.253 e. The molecule has 0 radical (unpaired) electrons. The summed E-state index contributed by atoms with van der Waals surface area (Å²) in [6.07, 6.45) is 0. The molecular formula is C16H25N3O2. The molecule has 5 nitrogen and oxygen atoms in total. The van der Waals surface area contributed by atoms with Crippen LogP contribution in [0.15, 0.2) is 18.2 Å². The number of nitrogen functional groups attached to an aromatic ring is 1.